The lowest BCUT2D eigenvalue weighted by molar-refractivity contribution is 0.102. The van der Waals surface area contributed by atoms with Crippen LogP contribution in [0.15, 0.2) is 30.6 Å². The normalized spacial score (nSPS) is 10.4. The number of carbonyl (C=O) groups is 1. The maximum Gasteiger partial charge on any atom is 0.274 e. The predicted octanol–water partition coefficient (Wildman–Crippen LogP) is 3.54. The number of aromatic nitrogens is 2. The molecule has 0 aliphatic heterocycles. The summed E-state index contributed by atoms with van der Waals surface area (Å²) in [5, 5.41) is 3.45. The van der Waals surface area contributed by atoms with Gasteiger partial charge in [0.15, 0.2) is 0 Å². The summed E-state index contributed by atoms with van der Waals surface area (Å²) in [7, 11) is 0. The zero-order chi connectivity index (χ0) is 16.1. The SMILES string of the molecule is CCN(CC)c1cc(C(=O)Nc2cccc(Cl)c2C)ncn1. The lowest BCUT2D eigenvalue weighted by Crippen LogP contribution is -2.24. The van der Waals surface area contributed by atoms with Crippen molar-refractivity contribution in [1.29, 1.82) is 0 Å². The summed E-state index contributed by atoms with van der Waals surface area (Å²) in [5.41, 5.74) is 1.84. The molecular weight excluding hydrogens is 300 g/mol. The van der Waals surface area contributed by atoms with Crippen LogP contribution in [0, 0.1) is 6.92 Å². The topological polar surface area (TPSA) is 58.1 Å². The first-order valence-corrected chi connectivity index (χ1v) is 7.58. The number of amides is 1. The summed E-state index contributed by atoms with van der Waals surface area (Å²) in [6.45, 7) is 7.59. The molecule has 1 aromatic heterocycles. The van der Waals surface area contributed by atoms with Gasteiger partial charge in [0.25, 0.3) is 5.91 Å². The quantitative estimate of drug-likeness (QED) is 0.916. The molecule has 0 atom stereocenters. The highest BCUT2D eigenvalue weighted by Gasteiger charge is 2.13. The zero-order valence-electron chi connectivity index (χ0n) is 12.9. The molecule has 0 unspecified atom stereocenters. The van der Waals surface area contributed by atoms with Crippen LogP contribution in [-0.4, -0.2) is 29.0 Å². The van der Waals surface area contributed by atoms with Gasteiger partial charge in [-0.05, 0) is 38.5 Å². The van der Waals surface area contributed by atoms with Gasteiger partial charge in [-0.15, -0.1) is 0 Å². The zero-order valence-corrected chi connectivity index (χ0v) is 13.7. The molecular formula is C16H19ClN4O. The molecule has 22 heavy (non-hydrogen) atoms. The Bertz CT molecular complexity index is 671. The number of anilines is 2. The Hall–Kier alpha value is -2.14. The van der Waals surface area contributed by atoms with Gasteiger partial charge in [-0.25, -0.2) is 9.97 Å². The molecule has 5 nitrogen and oxygen atoms in total. The minimum atomic E-state index is -0.277. The monoisotopic (exact) mass is 318 g/mol. The van der Waals surface area contributed by atoms with Crippen LogP contribution in [0.1, 0.15) is 29.9 Å². The number of carbonyl (C=O) groups excluding carboxylic acids is 1. The Balaban J connectivity index is 2.23. The average molecular weight is 319 g/mol. The van der Waals surface area contributed by atoms with Crippen molar-refractivity contribution in [3.05, 3.63) is 46.9 Å². The molecule has 0 saturated carbocycles. The minimum absolute atomic E-state index is 0.277. The fourth-order valence-electron chi connectivity index (χ4n) is 2.12. The Morgan fingerprint density at radius 1 is 1.27 bits per heavy atom. The van der Waals surface area contributed by atoms with Gasteiger partial charge in [0.1, 0.15) is 17.8 Å². The minimum Gasteiger partial charge on any atom is -0.357 e. The van der Waals surface area contributed by atoms with E-state index in [0.29, 0.717) is 16.4 Å². The highest BCUT2D eigenvalue weighted by atomic mass is 35.5. The molecule has 116 valence electrons. The Kier molecular flexibility index (Phi) is 5.33. The third kappa shape index (κ3) is 3.54. The Morgan fingerprint density at radius 2 is 2.00 bits per heavy atom. The molecule has 0 spiro atoms. The second-order valence-electron chi connectivity index (χ2n) is 4.80. The molecule has 0 bridgehead atoms. The predicted molar refractivity (Wildman–Crippen MR) is 89.7 cm³/mol. The standard InChI is InChI=1S/C16H19ClN4O/c1-4-21(5-2)15-9-14(18-10-19-15)16(22)20-13-8-6-7-12(17)11(13)3/h6-10H,4-5H2,1-3H3,(H,20,22). The van der Waals surface area contributed by atoms with Gasteiger partial charge < -0.3 is 10.2 Å². The van der Waals surface area contributed by atoms with Crippen molar-refractivity contribution in [1.82, 2.24) is 9.97 Å². The number of nitrogens with zero attached hydrogens (tertiary/aromatic N) is 3. The Labute approximate surface area is 135 Å². The van der Waals surface area contributed by atoms with Crippen molar-refractivity contribution in [2.75, 3.05) is 23.3 Å². The van der Waals surface area contributed by atoms with Crippen LogP contribution in [0.5, 0.6) is 0 Å². The van der Waals surface area contributed by atoms with Crippen molar-refractivity contribution in [3.63, 3.8) is 0 Å². The van der Waals surface area contributed by atoms with E-state index < -0.39 is 0 Å². The second kappa shape index (κ2) is 7.22. The van der Waals surface area contributed by atoms with Crippen molar-refractivity contribution in [3.8, 4) is 0 Å². The highest BCUT2D eigenvalue weighted by Crippen LogP contribution is 2.23. The van der Waals surface area contributed by atoms with Gasteiger partial charge in [-0.3, -0.25) is 4.79 Å². The highest BCUT2D eigenvalue weighted by molar-refractivity contribution is 6.31. The van der Waals surface area contributed by atoms with E-state index >= 15 is 0 Å². The van der Waals surface area contributed by atoms with Crippen molar-refractivity contribution < 1.29 is 4.79 Å². The molecule has 1 amide bonds. The maximum absolute atomic E-state index is 12.4. The van der Waals surface area contributed by atoms with Crippen LogP contribution in [0.4, 0.5) is 11.5 Å². The number of nitrogens with one attached hydrogen (secondary N) is 1. The van der Waals surface area contributed by atoms with Gasteiger partial charge in [0, 0.05) is 29.9 Å². The van der Waals surface area contributed by atoms with E-state index in [1.807, 2.05) is 26.8 Å². The molecule has 0 saturated heterocycles. The van der Waals surface area contributed by atoms with Crippen LogP contribution in [0.25, 0.3) is 0 Å². The summed E-state index contributed by atoms with van der Waals surface area (Å²) in [4.78, 5) is 22.7. The first-order valence-electron chi connectivity index (χ1n) is 7.20. The summed E-state index contributed by atoms with van der Waals surface area (Å²) in [5.74, 6) is 0.467. The number of hydrogen-bond acceptors (Lipinski definition) is 4. The van der Waals surface area contributed by atoms with E-state index in [1.165, 1.54) is 6.33 Å². The van der Waals surface area contributed by atoms with E-state index in [0.717, 1.165) is 24.5 Å². The van der Waals surface area contributed by atoms with E-state index in [-0.39, 0.29) is 5.91 Å². The smallest absolute Gasteiger partial charge is 0.274 e. The van der Waals surface area contributed by atoms with E-state index in [9.17, 15) is 4.79 Å². The lowest BCUT2D eigenvalue weighted by Gasteiger charge is -2.19. The summed E-state index contributed by atoms with van der Waals surface area (Å²) in [6.07, 6.45) is 1.41. The van der Waals surface area contributed by atoms with Gasteiger partial charge >= 0.3 is 0 Å². The fourth-order valence-corrected chi connectivity index (χ4v) is 2.30. The number of benzene rings is 1. The maximum atomic E-state index is 12.4. The summed E-state index contributed by atoms with van der Waals surface area (Å²) >= 11 is 6.06. The Morgan fingerprint density at radius 3 is 2.68 bits per heavy atom. The number of rotatable bonds is 5. The molecule has 2 rings (SSSR count). The summed E-state index contributed by atoms with van der Waals surface area (Å²) in [6, 6.07) is 7.09. The van der Waals surface area contributed by atoms with Gasteiger partial charge in [0.05, 0.1) is 0 Å². The van der Waals surface area contributed by atoms with E-state index in [2.05, 4.69) is 20.2 Å². The third-order valence-electron chi connectivity index (χ3n) is 3.49. The third-order valence-corrected chi connectivity index (χ3v) is 3.90. The molecule has 0 aliphatic carbocycles. The van der Waals surface area contributed by atoms with Crippen molar-refractivity contribution in [2.45, 2.75) is 20.8 Å². The second-order valence-corrected chi connectivity index (χ2v) is 5.21. The molecule has 1 aromatic carbocycles. The molecule has 1 N–H and O–H groups in total. The fraction of sp³-hybridized carbons (Fsp3) is 0.312. The van der Waals surface area contributed by atoms with Gasteiger partial charge in [-0.1, -0.05) is 17.7 Å². The van der Waals surface area contributed by atoms with Gasteiger partial charge in [0.2, 0.25) is 0 Å². The van der Waals surface area contributed by atoms with Crippen LogP contribution in [-0.2, 0) is 0 Å². The molecule has 0 fully saturated rings. The first kappa shape index (κ1) is 16.2. The van der Waals surface area contributed by atoms with Crippen LogP contribution in [0.3, 0.4) is 0 Å². The average Bonchev–Trinajstić information content (AvgIpc) is 2.53. The van der Waals surface area contributed by atoms with Crippen molar-refractivity contribution >= 4 is 29.0 Å². The number of hydrogen-bond donors (Lipinski definition) is 1. The molecule has 0 aliphatic rings. The summed E-state index contributed by atoms with van der Waals surface area (Å²) < 4.78 is 0. The van der Waals surface area contributed by atoms with E-state index in [4.69, 9.17) is 11.6 Å². The van der Waals surface area contributed by atoms with E-state index in [1.54, 1.807) is 18.2 Å². The largest absolute Gasteiger partial charge is 0.357 e. The van der Waals surface area contributed by atoms with Crippen molar-refractivity contribution in [2.24, 2.45) is 0 Å². The number of halogens is 1. The molecule has 6 heteroatoms. The molecule has 0 radical (unpaired) electrons. The molecule has 1 heterocycles. The first-order chi connectivity index (χ1) is 10.6. The van der Waals surface area contributed by atoms with Crippen LogP contribution >= 0.6 is 11.6 Å². The van der Waals surface area contributed by atoms with Crippen LogP contribution in [0.2, 0.25) is 5.02 Å². The van der Waals surface area contributed by atoms with Crippen LogP contribution < -0.4 is 10.2 Å². The molecule has 2 aromatic rings. The lowest BCUT2D eigenvalue weighted by atomic mass is 10.2. The van der Waals surface area contributed by atoms with Gasteiger partial charge in [-0.2, -0.15) is 0 Å².